The molecule has 3 nitrogen and oxygen atoms in total. The lowest BCUT2D eigenvalue weighted by Crippen LogP contribution is -2.57. The van der Waals surface area contributed by atoms with Crippen LogP contribution in [0.2, 0.25) is 0 Å². The van der Waals surface area contributed by atoms with Crippen LogP contribution in [0.1, 0.15) is 5.56 Å². The van der Waals surface area contributed by atoms with Gasteiger partial charge in [-0.3, -0.25) is 0 Å². The molecule has 5 rings (SSSR count). The number of hydrogen-bond donors (Lipinski definition) is 1. The highest BCUT2D eigenvalue weighted by Gasteiger charge is 2.27. The first-order valence-electron chi connectivity index (χ1n) is 8.67. The maximum atomic E-state index is 4.89. The van der Waals surface area contributed by atoms with Gasteiger partial charge in [0.15, 0.2) is 5.13 Å². The van der Waals surface area contributed by atoms with Crippen molar-refractivity contribution in [3.8, 4) is 0 Å². The average Bonchev–Trinajstić information content (AvgIpc) is 3.03. The first-order valence-corrected chi connectivity index (χ1v) is 9.49. The molecule has 0 bridgehead atoms. The highest BCUT2D eigenvalue weighted by Crippen LogP contribution is 2.32. The summed E-state index contributed by atoms with van der Waals surface area (Å²) in [5.74, 6) is 0. The fraction of sp³-hybridized carbons (Fsp3) is 0.190. The van der Waals surface area contributed by atoms with E-state index in [1.165, 1.54) is 21.0 Å². The maximum absolute atomic E-state index is 4.89. The molecule has 0 radical (unpaired) electrons. The molecule has 4 aromatic rings. The first kappa shape index (κ1) is 14.9. The van der Waals surface area contributed by atoms with Crippen LogP contribution in [0.15, 0.2) is 66.7 Å². The maximum Gasteiger partial charge on any atom is 0.187 e. The van der Waals surface area contributed by atoms with E-state index < -0.39 is 0 Å². The van der Waals surface area contributed by atoms with Crippen molar-refractivity contribution in [2.75, 3.05) is 18.0 Å². The van der Waals surface area contributed by atoms with Gasteiger partial charge >= 0.3 is 0 Å². The van der Waals surface area contributed by atoms with Gasteiger partial charge in [0.1, 0.15) is 0 Å². The highest BCUT2D eigenvalue weighted by molar-refractivity contribution is 7.22. The second-order valence-corrected chi connectivity index (χ2v) is 7.59. The summed E-state index contributed by atoms with van der Waals surface area (Å²) in [7, 11) is 0. The van der Waals surface area contributed by atoms with Crippen LogP contribution >= 0.6 is 11.3 Å². The molecule has 25 heavy (non-hydrogen) atoms. The van der Waals surface area contributed by atoms with Crippen molar-refractivity contribution in [2.45, 2.75) is 12.6 Å². The topological polar surface area (TPSA) is 28.2 Å². The van der Waals surface area contributed by atoms with E-state index >= 15 is 0 Å². The summed E-state index contributed by atoms with van der Waals surface area (Å²) in [6.45, 7) is 2.96. The molecule has 1 fully saturated rings. The Morgan fingerprint density at radius 3 is 2.56 bits per heavy atom. The van der Waals surface area contributed by atoms with Crippen LogP contribution in [0, 0.1) is 0 Å². The van der Waals surface area contributed by atoms with Crippen molar-refractivity contribution in [1.29, 1.82) is 0 Å². The Morgan fingerprint density at radius 2 is 1.76 bits per heavy atom. The SMILES string of the molecule is c1ccc2cc(CN(c3nc4ccccc4s3)C3CNC3)ccc2c1. The highest BCUT2D eigenvalue weighted by atomic mass is 32.1. The van der Waals surface area contributed by atoms with Gasteiger partial charge in [0.05, 0.1) is 16.3 Å². The van der Waals surface area contributed by atoms with Crippen LogP contribution in [-0.4, -0.2) is 24.1 Å². The monoisotopic (exact) mass is 345 g/mol. The van der Waals surface area contributed by atoms with Crippen molar-refractivity contribution in [3.05, 3.63) is 72.3 Å². The average molecular weight is 345 g/mol. The van der Waals surface area contributed by atoms with Gasteiger partial charge in [0, 0.05) is 19.6 Å². The predicted octanol–water partition coefficient (Wildman–Crippen LogP) is 4.43. The lowest BCUT2D eigenvalue weighted by Gasteiger charge is -2.38. The molecule has 0 unspecified atom stereocenters. The number of nitrogens with zero attached hydrogens (tertiary/aromatic N) is 2. The molecule has 0 amide bonds. The molecule has 0 spiro atoms. The Morgan fingerprint density at radius 1 is 0.960 bits per heavy atom. The molecule has 1 N–H and O–H groups in total. The predicted molar refractivity (Wildman–Crippen MR) is 106 cm³/mol. The van der Waals surface area contributed by atoms with Crippen LogP contribution in [0.3, 0.4) is 0 Å². The summed E-state index contributed by atoms with van der Waals surface area (Å²) < 4.78 is 1.26. The molecule has 2 heterocycles. The quantitative estimate of drug-likeness (QED) is 0.593. The molecule has 3 aromatic carbocycles. The minimum absolute atomic E-state index is 0.520. The third-order valence-corrected chi connectivity index (χ3v) is 5.97. The van der Waals surface area contributed by atoms with E-state index in [1.54, 1.807) is 11.3 Å². The smallest absolute Gasteiger partial charge is 0.187 e. The van der Waals surface area contributed by atoms with Crippen molar-refractivity contribution < 1.29 is 0 Å². The minimum atomic E-state index is 0.520. The Kier molecular flexibility index (Phi) is 3.65. The van der Waals surface area contributed by atoms with Gasteiger partial charge in [-0.25, -0.2) is 4.98 Å². The molecule has 0 saturated carbocycles. The largest absolute Gasteiger partial charge is 0.338 e. The third kappa shape index (κ3) is 2.77. The second-order valence-electron chi connectivity index (χ2n) is 6.59. The lowest BCUT2D eigenvalue weighted by atomic mass is 10.1. The van der Waals surface area contributed by atoms with E-state index in [9.17, 15) is 0 Å². The zero-order valence-corrected chi connectivity index (χ0v) is 14.7. The molecule has 1 aliphatic heterocycles. The van der Waals surface area contributed by atoms with E-state index in [4.69, 9.17) is 4.98 Å². The van der Waals surface area contributed by atoms with Gasteiger partial charge < -0.3 is 10.2 Å². The Labute approximate surface area is 150 Å². The van der Waals surface area contributed by atoms with E-state index in [2.05, 4.69) is 76.9 Å². The van der Waals surface area contributed by atoms with Crippen molar-refractivity contribution in [1.82, 2.24) is 10.3 Å². The summed E-state index contributed by atoms with van der Waals surface area (Å²) in [6, 6.07) is 24.2. The third-order valence-electron chi connectivity index (χ3n) is 4.90. The number of aromatic nitrogens is 1. The zero-order chi connectivity index (χ0) is 16.6. The lowest BCUT2D eigenvalue weighted by molar-refractivity contribution is 0.411. The molecule has 1 aliphatic rings. The Bertz CT molecular complexity index is 1000. The molecule has 1 aromatic heterocycles. The molecule has 0 aliphatic carbocycles. The summed E-state index contributed by atoms with van der Waals surface area (Å²) >= 11 is 1.79. The van der Waals surface area contributed by atoms with Crippen LogP contribution < -0.4 is 10.2 Å². The fourth-order valence-corrected chi connectivity index (χ4v) is 4.40. The van der Waals surface area contributed by atoms with Crippen LogP contribution in [0.25, 0.3) is 21.0 Å². The number of benzene rings is 3. The number of anilines is 1. The second kappa shape index (κ2) is 6.14. The minimum Gasteiger partial charge on any atom is -0.338 e. The Hall–Kier alpha value is -2.43. The number of rotatable bonds is 4. The molecule has 1 saturated heterocycles. The fourth-order valence-electron chi connectivity index (χ4n) is 3.36. The van der Waals surface area contributed by atoms with Gasteiger partial charge in [-0.2, -0.15) is 0 Å². The number of thiazole rings is 1. The van der Waals surface area contributed by atoms with Crippen molar-refractivity contribution in [3.63, 3.8) is 0 Å². The molecular formula is C21H19N3S. The van der Waals surface area contributed by atoms with E-state index in [-0.39, 0.29) is 0 Å². The molecule has 124 valence electrons. The van der Waals surface area contributed by atoms with Crippen LogP contribution in [-0.2, 0) is 6.54 Å². The first-order chi connectivity index (χ1) is 12.4. The van der Waals surface area contributed by atoms with Crippen LogP contribution in [0.5, 0.6) is 0 Å². The summed E-state index contributed by atoms with van der Waals surface area (Å²) in [5, 5.41) is 7.12. The number of nitrogens with one attached hydrogen (secondary N) is 1. The molecule has 4 heteroatoms. The zero-order valence-electron chi connectivity index (χ0n) is 13.9. The number of hydrogen-bond acceptors (Lipinski definition) is 4. The van der Waals surface area contributed by atoms with E-state index in [0.29, 0.717) is 6.04 Å². The van der Waals surface area contributed by atoms with Gasteiger partial charge in [-0.1, -0.05) is 59.9 Å². The van der Waals surface area contributed by atoms with Crippen molar-refractivity contribution in [2.24, 2.45) is 0 Å². The number of para-hydroxylation sites is 1. The Balaban J connectivity index is 1.51. The standard InChI is InChI=1S/C21H19N3S/c1-2-6-17-11-15(9-10-16(17)5-1)14-24(18-12-22-13-18)21-23-19-7-3-4-8-20(19)25-21/h1-11,18,22H,12-14H2. The summed E-state index contributed by atoms with van der Waals surface area (Å²) in [4.78, 5) is 7.35. The number of fused-ring (bicyclic) bond motifs is 2. The van der Waals surface area contributed by atoms with Gasteiger partial charge in [-0.15, -0.1) is 0 Å². The summed E-state index contributed by atoms with van der Waals surface area (Å²) in [6.07, 6.45) is 0. The van der Waals surface area contributed by atoms with E-state index in [0.717, 1.165) is 30.3 Å². The van der Waals surface area contributed by atoms with Crippen molar-refractivity contribution >= 4 is 37.5 Å². The van der Waals surface area contributed by atoms with Gasteiger partial charge in [0.25, 0.3) is 0 Å². The summed E-state index contributed by atoms with van der Waals surface area (Å²) in [5.41, 5.74) is 2.43. The van der Waals surface area contributed by atoms with Crippen LogP contribution in [0.4, 0.5) is 5.13 Å². The molecular weight excluding hydrogens is 326 g/mol. The van der Waals surface area contributed by atoms with E-state index in [1.807, 2.05) is 0 Å². The van der Waals surface area contributed by atoms with Gasteiger partial charge in [-0.05, 0) is 34.5 Å². The van der Waals surface area contributed by atoms with Gasteiger partial charge in [0.2, 0.25) is 0 Å². The molecule has 0 atom stereocenters. The normalized spacial score (nSPS) is 14.7.